The molecule has 0 amide bonds. The van der Waals surface area contributed by atoms with Gasteiger partial charge in [-0.2, -0.15) is 0 Å². The number of rotatable bonds is 2. The van der Waals surface area contributed by atoms with Crippen LogP contribution >= 0.6 is 0 Å². The fourth-order valence-corrected chi connectivity index (χ4v) is 3.88. The number of carbonyl (C=O) groups excluding carboxylic acids is 1. The molecule has 1 aliphatic carbocycles. The molecule has 3 rings (SSSR count). The standard InChI is InChI=1S/C17H24N2O2/c1-21-16(20)17(19-12-5-10-18-11-13-19)9-4-7-14-6-2-3-8-15(14)17/h2-3,6,8,18H,4-5,7,9-13H2,1H3. The van der Waals surface area contributed by atoms with Crippen LogP contribution in [0.1, 0.15) is 30.4 Å². The van der Waals surface area contributed by atoms with Gasteiger partial charge < -0.3 is 10.1 Å². The quantitative estimate of drug-likeness (QED) is 0.841. The van der Waals surface area contributed by atoms with Crippen LogP contribution in [0.2, 0.25) is 0 Å². The first-order valence-electron chi connectivity index (χ1n) is 7.91. The van der Waals surface area contributed by atoms with Crippen LogP contribution in [0.3, 0.4) is 0 Å². The number of ether oxygens (including phenoxy) is 1. The largest absolute Gasteiger partial charge is 0.467 e. The maximum atomic E-state index is 12.8. The molecule has 0 bridgehead atoms. The number of aryl methyl sites for hydroxylation is 1. The first-order valence-corrected chi connectivity index (χ1v) is 7.91. The average Bonchev–Trinajstić information content (AvgIpc) is 2.83. The molecular formula is C17H24N2O2. The Bertz CT molecular complexity index is 509. The van der Waals surface area contributed by atoms with Crippen LogP contribution in [0, 0.1) is 0 Å². The summed E-state index contributed by atoms with van der Waals surface area (Å²) in [6, 6.07) is 8.38. The Morgan fingerprint density at radius 3 is 2.95 bits per heavy atom. The van der Waals surface area contributed by atoms with Gasteiger partial charge in [0, 0.05) is 19.6 Å². The van der Waals surface area contributed by atoms with Crippen LogP contribution < -0.4 is 5.32 Å². The van der Waals surface area contributed by atoms with E-state index in [1.54, 1.807) is 0 Å². The van der Waals surface area contributed by atoms with Crippen molar-refractivity contribution in [2.24, 2.45) is 0 Å². The third kappa shape index (κ3) is 2.47. The number of benzene rings is 1. The fourth-order valence-electron chi connectivity index (χ4n) is 3.88. The topological polar surface area (TPSA) is 41.6 Å². The van der Waals surface area contributed by atoms with Gasteiger partial charge in [0.25, 0.3) is 0 Å². The summed E-state index contributed by atoms with van der Waals surface area (Å²) >= 11 is 0. The van der Waals surface area contributed by atoms with Crippen molar-refractivity contribution < 1.29 is 9.53 Å². The van der Waals surface area contributed by atoms with E-state index in [0.29, 0.717) is 0 Å². The number of esters is 1. The van der Waals surface area contributed by atoms with E-state index in [2.05, 4.69) is 28.4 Å². The van der Waals surface area contributed by atoms with Gasteiger partial charge in [0.1, 0.15) is 5.54 Å². The molecule has 0 aromatic heterocycles. The van der Waals surface area contributed by atoms with Gasteiger partial charge >= 0.3 is 5.97 Å². The minimum atomic E-state index is -0.588. The smallest absolute Gasteiger partial charge is 0.330 e. The van der Waals surface area contributed by atoms with Crippen molar-refractivity contribution in [3.8, 4) is 0 Å². The molecule has 1 heterocycles. The summed E-state index contributed by atoms with van der Waals surface area (Å²) in [5.74, 6) is -0.100. The maximum Gasteiger partial charge on any atom is 0.330 e. The van der Waals surface area contributed by atoms with Gasteiger partial charge in [-0.25, -0.2) is 4.79 Å². The second kappa shape index (κ2) is 6.16. The van der Waals surface area contributed by atoms with Crippen LogP contribution in [-0.2, 0) is 21.5 Å². The summed E-state index contributed by atoms with van der Waals surface area (Å²) in [4.78, 5) is 15.1. The summed E-state index contributed by atoms with van der Waals surface area (Å²) in [6.45, 7) is 3.79. The van der Waals surface area contributed by atoms with Gasteiger partial charge in [0.05, 0.1) is 7.11 Å². The van der Waals surface area contributed by atoms with E-state index >= 15 is 0 Å². The molecule has 1 atom stereocenters. The molecule has 0 saturated carbocycles. The Balaban J connectivity index is 2.08. The number of nitrogens with zero attached hydrogens (tertiary/aromatic N) is 1. The Hall–Kier alpha value is -1.39. The fraction of sp³-hybridized carbons (Fsp3) is 0.588. The molecule has 1 unspecified atom stereocenters. The molecule has 1 fully saturated rings. The van der Waals surface area contributed by atoms with E-state index < -0.39 is 5.54 Å². The Morgan fingerprint density at radius 1 is 1.24 bits per heavy atom. The molecule has 0 spiro atoms. The maximum absolute atomic E-state index is 12.8. The molecule has 0 radical (unpaired) electrons. The van der Waals surface area contributed by atoms with Crippen molar-refractivity contribution in [2.75, 3.05) is 33.3 Å². The summed E-state index contributed by atoms with van der Waals surface area (Å²) in [6.07, 6.45) is 4.02. The van der Waals surface area contributed by atoms with Crippen LogP contribution in [0.25, 0.3) is 0 Å². The summed E-state index contributed by atoms with van der Waals surface area (Å²) in [7, 11) is 1.51. The number of carbonyl (C=O) groups is 1. The second-order valence-electron chi connectivity index (χ2n) is 5.95. The molecule has 114 valence electrons. The van der Waals surface area contributed by atoms with Gasteiger partial charge in [-0.15, -0.1) is 0 Å². The van der Waals surface area contributed by atoms with Crippen molar-refractivity contribution in [2.45, 2.75) is 31.2 Å². The summed E-state index contributed by atoms with van der Waals surface area (Å²) < 4.78 is 5.24. The number of methoxy groups -OCH3 is 1. The molecule has 4 nitrogen and oxygen atoms in total. The second-order valence-corrected chi connectivity index (χ2v) is 5.95. The van der Waals surface area contributed by atoms with Gasteiger partial charge in [-0.3, -0.25) is 4.90 Å². The van der Waals surface area contributed by atoms with E-state index in [1.165, 1.54) is 12.7 Å². The molecule has 21 heavy (non-hydrogen) atoms. The zero-order valence-electron chi connectivity index (χ0n) is 12.7. The Morgan fingerprint density at radius 2 is 2.10 bits per heavy atom. The zero-order valence-corrected chi connectivity index (χ0v) is 12.7. The van der Waals surface area contributed by atoms with Crippen LogP contribution in [-0.4, -0.2) is 44.2 Å². The predicted octanol–water partition coefficient (Wildman–Crippen LogP) is 1.69. The molecule has 1 aromatic carbocycles. The highest BCUT2D eigenvalue weighted by Crippen LogP contribution is 2.41. The first-order chi connectivity index (χ1) is 10.3. The molecular weight excluding hydrogens is 264 g/mol. The van der Waals surface area contributed by atoms with Crippen molar-refractivity contribution >= 4 is 5.97 Å². The third-order valence-electron chi connectivity index (χ3n) is 4.85. The Kier molecular flexibility index (Phi) is 4.27. The van der Waals surface area contributed by atoms with Crippen LogP contribution in [0.15, 0.2) is 24.3 Å². The number of nitrogens with one attached hydrogen (secondary N) is 1. The number of fused-ring (bicyclic) bond motifs is 1. The van der Waals surface area contributed by atoms with Gasteiger partial charge in [-0.1, -0.05) is 24.3 Å². The minimum Gasteiger partial charge on any atom is -0.467 e. The molecule has 4 heteroatoms. The average molecular weight is 288 g/mol. The molecule has 1 N–H and O–H groups in total. The lowest BCUT2D eigenvalue weighted by Gasteiger charge is -2.44. The lowest BCUT2D eigenvalue weighted by molar-refractivity contribution is -0.157. The monoisotopic (exact) mass is 288 g/mol. The van der Waals surface area contributed by atoms with Gasteiger partial charge in [0.2, 0.25) is 0 Å². The summed E-state index contributed by atoms with van der Waals surface area (Å²) in [5.41, 5.74) is 1.87. The molecule has 1 saturated heterocycles. The van der Waals surface area contributed by atoms with Crippen molar-refractivity contribution in [3.63, 3.8) is 0 Å². The normalized spacial score (nSPS) is 26.7. The van der Waals surface area contributed by atoms with Crippen molar-refractivity contribution in [1.82, 2.24) is 10.2 Å². The van der Waals surface area contributed by atoms with E-state index in [4.69, 9.17) is 4.74 Å². The van der Waals surface area contributed by atoms with E-state index in [0.717, 1.165) is 57.4 Å². The van der Waals surface area contributed by atoms with E-state index in [-0.39, 0.29) is 5.97 Å². The highest BCUT2D eigenvalue weighted by molar-refractivity contribution is 5.83. The van der Waals surface area contributed by atoms with Gasteiger partial charge in [0.15, 0.2) is 0 Å². The lowest BCUT2D eigenvalue weighted by atomic mass is 9.75. The summed E-state index contributed by atoms with van der Waals surface area (Å²) in [5, 5.41) is 3.42. The molecule has 1 aromatic rings. The first kappa shape index (κ1) is 14.5. The molecule has 2 aliphatic rings. The SMILES string of the molecule is COC(=O)C1(N2CCCNCC2)CCCc2ccccc21. The predicted molar refractivity (Wildman–Crippen MR) is 82.1 cm³/mol. The highest BCUT2D eigenvalue weighted by atomic mass is 16.5. The number of hydrogen-bond acceptors (Lipinski definition) is 4. The Labute approximate surface area is 126 Å². The number of hydrogen-bond donors (Lipinski definition) is 1. The van der Waals surface area contributed by atoms with Crippen LogP contribution in [0.4, 0.5) is 0 Å². The van der Waals surface area contributed by atoms with Gasteiger partial charge in [-0.05, 0) is 43.4 Å². The highest BCUT2D eigenvalue weighted by Gasteiger charge is 2.48. The third-order valence-corrected chi connectivity index (χ3v) is 4.85. The lowest BCUT2D eigenvalue weighted by Crippen LogP contribution is -2.55. The van der Waals surface area contributed by atoms with E-state index in [9.17, 15) is 4.79 Å². The van der Waals surface area contributed by atoms with E-state index in [1.807, 2.05) is 6.07 Å². The molecule has 1 aliphatic heterocycles. The van der Waals surface area contributed by atoms with Crippen molar-refractivity contribution in [3.05, 3.63) is 35.4 Å². The van der Waals surface area contributed by atoms with Crippen molar-refractivity contribution in [1.29, 1.82) is 0 Å². The minimum absolute atomic E-state index is 0.100. The zero-order chi connectivity index (χ0) is 14.7. The van der Waals surface area contributed by atoms with Crippen LogP contribution in [0.5, 0.6) is 0 Å².